The summed E-state index contributed by atoms with van der Waals surface area (Å²) >= 11 is 0. The van der Waals surface area contributed by atoms with Gasteiger partial charge in [-0.05, 0) is 5.92 Å². The van der Waals surface area contributed by atoms with Crippen molar-refractivity contribution in [3.63, 3.8) is 0 Å². The van der Waals surface area contributed by atoms with E-state index in [1.165, 1.54) is 6.92 Å². The van der Waals surface area contributed by atoms with Crippen molar-refractivity contribution in [1.29, 1.82) is 0 Å². The maximum atomic E-state index is 11.5. The van der Waals surface area contributed by atoms with Crippen LogP contribution in [0, 0.1) is 11.3 Å². The highest BCUT2D eigenvalue weighted by molar-refractivity contribution is 6.38. The van der Waals surface area contributed by atoms with Gasteiger partial charge in [0.25, 0.3) is 0 Å². The minimum Gasteiger partial charge on any atom is -0.291 e. The number of carbonyl (C=O) groups excluding carboxylic acids is 2. The third kappa shape index (κ3) is 2.94. The first-order valence-electron chi connectivity index (χ1n) is 4.89. The van der Waals surface area contributed by atoms with E-state index in [1.54, 1.807) is 0 Å². The molecule has 2 heteroatoms. The fourth-order valence-corrected chi connectivity index (χ4v) is 1.47. The molecule has 0 spiro atoms. The molecule has 0 saturated heterocycles. The molecule has 0 aliphatic rings. The molecule has 0 N–H and O–H groups in total. The molecule has 0 bridgehead atoms. The summed E-state index contributed by atoms with van der Waals surface area (Å²) in [5.74, 6) is -0.296. The van der Waals surface area contributed by atoms with E-state index in [4.69, 9.17) is 0 Å². The zero-order valence-electron chi connectivity index (χ0n) is 9.31. The fraction of sp³-hybridized carbons (Fsp3) is 0.818. The highest BCUT2D eigenvalue weighted by Gasteiger charge is 2.35. The van der Waals surface area contributed by atoms with E-state index in [-0.39, 0.29) is 17.5 Å². The van der Waals surface area contributed by atoms with Crippen molar-refractivity contribution < 1.29 is 9.59 Å². The summed E-state index contributed by atoms with van der Waals surface area (Å²) in [5.41, 5.74) is -0.498. The van der Waals surface area contributed by atoms with Gasteiger partial charge in [-0.15, -0.1) is 0 Å². The van der Waals surface area contributed by atoms with Crippen LogP contribution in [0.2, 0.25) is 0 Å². The van der Waals surface area contributed by atoms with Crippen molar-refractivity contribution in [2.24, 2.45) is 11.3 Å². The van der Waals surface area contributed by atoms with Gasteiger partial charge in [-0.25, -0.2) is 0 Å². The molecular weight excluding hydrogens is 164 g/mol. The molecule has 0 amide bonds. The van der Waals surface area contributed by atoms with E-state index in [9.17, 15) is 9.59 Å². The highest BCUT2D eigenvalue weighted by atomic mass is 16.2. The standard InChI is InChI=1S/C11H20O2/c1-6-7-8(2)11(4,5)10(13)9(3)12/h8H,6-7H2,1-5H3. The first-order valence-corrected chi connectivity index (χ1v) is 4.89. The molecule has 0 radical (unpaired) electrons. The molecule has 1 atom stereocenters. The third-order valence-corrected chi connectivity index (χ3v) is 2.86. The van der Waals surface area contributed by atoms with Crippen LogP contribution in [0.4, 0.5) is 0 Å². The van der Waals surface area contributed by atoms with Crippen LogP contribution >= 0.6 is 0 Å². The van der Waals surface area contributed by atoms with Gasteiger partial charge in [-0.1, -0.05) is 40.5 Å². The summed E-state index contributed by atoms with van der Waals surface area (Å²) in [7, 11) is 0. The molecule has 0 fully saturated rings. The Bertz CT molecular complexity index is 204. The lowest BCUT2D eigenvalue weighted by Crippen LogP contribution is -2.35. The first-order chi connectivity index (χ1) is 5.84. The third-order valence-electron chi connectivity index (χ3n) is 2.86. The molecule has 0 aliphatic carbocycles. The predicted molar refractivity (Wildman–Crippen MR) is 53.5 cm³/mol. The Balaban J connectivity index is 4.54. The second-order valence-corrected chi connectivity index (χ2v) is 4.30. The first kappa shape index (κ1) is 12.3. The molecule has 0 aliphatic heterocycles. The van der Waals surface area contributed by atoms with Crippen molar-refractivity contribution in [2.45, 2.75) is 47.5 Å². The molecule has 0 aromatic rings. The van der Waals surface area contributed by atoms with Crippen molar-refractivity contribution in [3.05, 3.63) is 0 Å². The molecule has 0 aromatic heterocycles. The number of carbonyl (C=O) groups is 2. The monoisotopic (exact) mass is 184 g/mol. The maximum Gasteiger partial charge on any atom is 0.203 e. The summed E-state index contributed by atoms with van der Waals surface area (Å²) in [6, 6.07) is 0. The Labute approximate surface area is 80.7 Å². The quantitative estimate of drug-likeness (QED) is 0.615. The summed E-state index contributed by atoms with van der Waals surface area (Å²) in [4.78, 5) is 22.5. The molecule has 0 rings (SSSR count). The van der Waals surface area contributed by atoms with Crippen molar-refractivity contribution in [2.75, 3.05) is 0 Å². The molecule has 1 unspecified atom stereocenters. The van der Waals surface area contributed by atoms with Gasteiger partial charge in [0.05, 0.1) is 0 Å². The number of Topliss-reactive ketones (excluding diaryl/α,β-unsaturated/α-hetero) is 2. The van der Waals surface area contributed by atoms with E-state index in [0.717, 1.165) is 12.8 Å². The Kier molecular flexibility index (Phi) is 4.31. The van der Waals surface area contributed by atoms with Gasteiger partial charge in [0.1, 0.15) is 0 Å². The summed E-state index contributed by atoms with van der Waals surface area (Å²) in [6.07, 6.45) is 2.04. The molecular formula is C11H20O2. The topological polar surface area (TPSA) is 34.1 Å². The van der Waals surface area contributed by atoms with Crippen LogP contribution in [0.3, 0.4) is 0 Å². The van der Waals surface area contributed by atoms with E-state index in [2.05, 4.69) is 6.92 Å². The van der Waals surface area contributed by atoms with Gasteiger partial charge < -0.3 is 0 Å². The highest BCUT2D eigenvalue weighted by Crippen LogP contribution is 2.31. The van der Waals surface area contributed by atoms with Gasteiger partial charge >= 0.3 is 0 Å². The Hall–Kier alpha value is -0.660. The Morgan fingerprint density at radius 1 is 1.31 bits per heavy atom. The summed E-state index contributed by atoms with van der Waals surface area (Å²) in [5, 5.41) is 0. The van der Waals surface area contributed by atoms with Crippen LogP contribution in [0.25, 0.3) is 0 Å². The predicted octanol–water partition coefficient (Wildman–Crippen LogP) is 2.61. The SMILES string of the molecule is CCCC(C)C(C)(C)C(=O)C(C)=O. The van der Waals surface area contributed by atoms with Crippen LogP contribution in [0.1, 0.15) is 47.5 Å². The Morgan fingerprint density at radius 2 is 1.77 bits per heavy atom. The van der Waals surface area contributed by atoms with Crippen LogP contribution in [0.15, 0.2) is 0 Å². The number of ketones is 2. The van der Waals surface area contributed by atoms with Crippen LogP contribution in [-0.2, 0) is 9.59 Å². The van der Waals surface area contributed by atoms with Crippen LogP contribution in [0.5, 0.6) is 0 Å². The molecule has 13 heavy (non-hydrogen) atoms. The largest absolute Gasteiger partial charge is 0.291 e. The number of hydrogen-bond donors (Lipinski definition) is 0. The number of rotatable bonds is 5. The second-order valence-electron chi connectivity index (χ2n) is 4.30. The summed E-state index contributed by atoms with van der Waals surface area (Å²) in [6.45, 7) is 9.19. The van der Waals surface area contributed by atoms with Crippen molar-refractivity contribution in [1.82, 2.24) is 0 Å². The van der Waals surface area contributed by atoms with Gasteiger partial charge in [0, 0.05) is 12.3 Å². The molecule has 0 aromatic carbocycles. The molecule has 2 nitrogen and oxygen atoms in total. The zero-order valence-corrected chi connectivity index (χ0v) is 9.31. The van der Waals surface area contributed by atoms with Crippen LogP contribution in [-0.4, -0.2) is 11.6 Å². The smallest absolute Gasteiger partial charge is 0.203 e. The van der Waals surface area contributed by atoms with E-state index in [0.29, 0.717) is 0 Å². The zero-order chi connectivity index (χ0) is 10.6. The summed E-state index contributed by atoms with van der Waals surface area (Å²) < 4.78 is 0. The molecule has 0 saturated carbocycles. The lowest BCUT2D eigenvalue weighted by Gasteiger charge is -2.28. The van der Waals surface area contributed by atoms with Gasteiger partial charge in [-0.3, -0.25) is 9.59 Å². The Morgan fingerprint density at radius 3 is 2.08 bits per heavy atom. The van der Waals surface area contributed by atoms with E-state index >= 15 is 0 Å². The molecule has 76 valence electrons. The molecule has 0 heterocycles. The minimum atomic E-state index is -0.498. The minimum absolute atomic E-state index is 0.242. The fourth-order valence-electron chi connectivity index (χ4n) is 1.47. The number of hydrogen-bond acceptors (Lipinski definition) is 2. The average molecular weight is 184 g/mol. The van der Waals surface area contributed by atoms with Gasteiger partial charge in [-0.2, -0.15) is 0 Å². The normalized spacial score (nSPS) is 13.9. The van der Waals surface area contributed by atoms with Crippen molar-refractivity contribution in [3.8, 4) is 0 Å². The lowest BCUT2D eigenvalue weighted by atomic mass is 9.73. The lowest BCUT2D eigenvalue weighted by molar-refractivity contribution is -0.142. The van der Waals surface area contributed by atoms with Gasteiger partial charge in [0.15, 0.2) is 5.78 Å². The van der Waals surface area contributed by atoms with Crippen molar-refractivity contribution >= 4 is 11.6 Å². The van der Waals surface area contributed by atoms with E-state index in [1.807, 2.05) is 20.8 Å². The average Bonchev–Trinajstić information content (AvgIpc) is 2.03. The second kappa shape index (κ2) is 4.54. The van der Waals surface area contributed by atoms with E-state index < -0.39 is 5.41 Å². The maximum absolute atomic E-state index is 11.5. The van der Waals surface area contributed by atoms with Crippen LogP contribution < -0.4 is 0 Å². The van der Waals surface area contributed by atoms with Gasteiger partial charge in [0.2, 0.25) is 5.78 Å².